The van der Waals surface area contributed by atoms with E-state index >= 15 is 0 Å². The summed E-state index contributed by atoms with van der Waals surface area (Å²) >= 11 is 0. The molecule has 0 aromatic heterocycles. The first-order valence-corrected chi connectivity index (χ1v) is 4.81. The molecular formula is C8H17N5. The first kappa shape index (κ1) is 8.77. The predicted octanol–water partition coefficient (Wildman–Crippen LogP) is -1.39. The molecule has 0 amide bonds. The fourth-order valence-corrected chi connectivity index (χ4v) is 2.21. The molecule has 2 bridgehead atoms. The van der Waals surface area contributed by atoms with Gasteiger partial charge in [-0.1, -0.05) is 0 Å². The van der Waals surface area contributed by atoms with Gasteiger partial charge in [-0.2, -0.15) is 5.10 Å². The zero-order valence-electron chi connectivity index (χ0n) is 7.82. The standard InChI is InChI=1S/C8H17N5/c9-8(11-10)7-6-12-2-1-3-13(7)5-4-12/h7H,1-6,10H2,(H2,9,11). The van der Waals surface area contributed by atoms with E-state index in [0.717, 1.165) is 26.2 Å². The predicted molar refractivity (Wildman–Crippen MR) is 52.2 cm³/mol. The van der Waals surface area contributed by atoms with Gasteiger partial charge < -0.3 is 11.6 Å². The van der Waals surface area contributed by atoms with Crippen LogP contribution in [0.1, 0.15) is 6.42 Å². The first-order valence-electron chi connectivity index (χ1n) is 4.81. The molecule has 0 aromatic carbocycles. The number of hydrogen-bond donors (Lipinski definition) is 2. The van der Waals surface area contributed by atoms with E-state index in [9.17, 15) is 0 Å². The maximum atomic E-state index is 5.76. The van der Waals surface area contributed by atoms with E-state index in [1.54, 1.807) is 0 Å². The molecule has 3 aliphatic rings. The van der Waals surface area contributed by atoms with Crippen LogP contribution in [0.3, 0.4) is 0 Å². The fourth-order valence-electron chi connectivity index (χ4n) is 2.21. The molecule has 3 aliphatic heterocycles. The molecule has 74 valence electrons. The van der Waals surface area contributed by atoms with Crippen molar-refractivity contribution in [1.29, 1.82) is 0 Å². The van der Waals surface area contributed by atoms with Gasteiger partial charge in [0.15, 0.2) is 0 Å². The number of amidine groups is 1. The normalized spacial score (nSPS) is 40.3. The highest BCUT2D eigenvalue weighted by Crippen LogP contribution is 2.15. The average molecular weight is 183 g/mol. The molecule has 0 aliphatic carbocycles. The number of nitrogens with two attached hydrogens (primary N) is 2. The molecule has 3 unspecified atom stereocenters. The summed E-state index contributed by atoms with van der Waals surface area (Å²) in [7, 11) is 0. The Balaban J connectivity index is 2.12. The number of hydrazone groups is 1. The van der Waals surface area contributed by atoms with Crippen LogP contribution in [0, 0.1) is 0 Å². The molecule has 3 saturated heterocycles. The molecule has 3 rings (SSSR count). The minimum Gasteiger partial charge on any atom is -0.384 e. The molecule has 0 saturated carbocycles. The van der Waals surface area contributed by atoms with Crippen LogP contribution in [0.4, 0.5) is 0 Å². The molecule has 5 heteroatoms. The molecule has 0 radical (unpaired) electrons. The van der Waals surface area contributed by atoms with Gasteiger partial charge in [0, 0.05) is 26.2 Å². The van der Waals surface area contributed by atoms with Crippen molar-refractivity contribution in [3.8, 4) is 0 Å². The van der Waals surface area contributed by atoms with Crippen LogP contribution in [0.5, 0.6) is 0 Å². The van der Waals surface area contributed by atoms with E-state index in [1.165, 1.54) is 13.0 Å². The van der Waals surface area contributed by atoms with Gasteiger partial charge in [-0.3, -0.25) is 9.80 Å². The first-order chi connectivity index (χ1) is 6.31. The maximum absolute atomic E-state index is 5.76. The van der Waals surface area contributed by atoms with Gasteiger partial charge in [0.1, 0.15) is 5.84 Å². The maximum Gasteiger partial charge on any atom is 0.138 e. The summed E-state index contributed by atoms with van der Waals surface area (Å²) in [4.78, 5) is 4.82. The molecular weight excluding hydrogens is 166 g/mol. The van der Waals surface area contributed by atoms with Crippen LogP contribution in [0.25, 0.3) is 0 Å². The van der Waals surface area contributed by atoms with Crippen molar-refractivity contribution in [2.75, 3.05) is 32.7 Å². The molecule has 3 heterocycles. The van der Waals surface area contributed by atoms with Crippen molar-refractivity contribution in [1.82, 2.24) is 9.80 Å². The lowest BCUT2D eigenvalue weighted by Gasteiger charge is -2.36. The van der Waals surface area contributed by atoms with Crippen molar-refractivity contribution in [3.05, 3.63) is 0 Å². The summed E-state index contributed by atoms with van der Waals surface area (Å²) in [5.74, 6) is 5.78. The van der Waals surface area contributed by atoms with Gasteiger partial charge in [-0.05, 0) is 13.0 Å². The number of piperazine rings is 1. The zero-order chi connectivity index (χ0) is 9.26. The molecule has 0 aromatic rings. The lowest BCUT2D eigenvalue weighted by Crippen LogP contribution is -2.55. The molecule has 5 nitrogen and oxygen atoms in total. The largest absolute Gasteiger partial charge is 0.384 e. The fraction of sp³-hybridized carbons (Fsp3) is 0.875. The van der Waals surface area contributed by atoms with Crippen molar-refractivity contribution in [3.63, 3.8) is 0 Å². The molecule has 4 N–H and O–H groups in total. The summed E-state index contributed by atoms with van der Waals surface area (Å²) in [5.41, 5.74) is 5.76. The summed E-state index contributed by atoms with van der Waals surface area (Å²) in [6, 6.07) is 0.251. The van der Waals surface area contributed by atoms with Crippen LogP contribution < -0.4 is 11.6 Å². The summed E-state index contributed by atoms with van der Waals surface area (Å²) < 4.78 is 0. The third-order valence-electron chi connectivity index (χ3n) is 2.99. The average Bonchev–Trinajstić information content (AvgIpc) is 2.50. The second kappa shape index (κ2) is 3.51. The van der Waals surface area contributed by atoms with E-state index in [2.05, 4.69) is 14.9 Å². The number of rotatable bonds is 1. The van der Waals surface area contributed by atoms with Gasteiger partial charge in [-0.15, -0.1) is 0 Å². The van der Waals surface area contributed by atoms with Crippen molar-refractivity contribution in [2.45, 2.75) is 12.5 Å². The van der Waals surface area contributed by atoms with Crippen LogP contribution in [-0.4, -0.2) is 54.4 Å². The third kappa shape index (κ3) is 1.62. The van der Waals surface area contributed by atoms with Crippen LogP contribution in [-0.2, 0) is 0 Å². The summed E-state index contributed by atoms with van der Waals surface area (Å²) in [5, 5.41) is 3.60. The molecule has 3 atom stereocenters. The van der Waals surface area contributed by atoms with Crippen LogP contribution in [0.2, 0.25) is 0 Å². The minimum atomic E-state index is 0.251. The second-order valence-corrected chi connectivity index (χ2v) is 3.76. The van der Waals surface area contributed by atoms with Crippen molar-refractivity contribution < 1.29 is 0 Å². The van der Waals surface area contributed by atoms with Gasteiger partial charge in [0.05, 0.1) is 6.04 Å². The zero-order valence-corrected chi connectivity index (χ0v) is 7.82. The van der Waals surface area contributed by atoms with E-state index < -0.39 is 0 Å². The van der Waals surface area contributed by atoms with Crippen LogP contribution in [0.15, 0.2) is 5.10 Å². The van der Waals surface area contributed by atoms with Gasteiger partial charge in [-0.25, -0.2) is 0 Å². The highest BCUT2D eigenvalue weighted by Gasteiger charge is 2.31. The lowest BCUT2D eigenvalue weighted by molar-refractivity contribution is 0.150. The Morgan fingerprint density at radius 1 is 1.23 bits per heavy atom. The lowest BCUT2D eigenvalue weighted by atomic mass is 10.2. The number of hydrogen-bond acceptors (Lipinski definition) is 4. The summed E-state index contributed by atoms with van der Waals surface area (Å²) in [6.45, 7) is 5.56. The van der Waals surface area contributed by atoms with Crippen LogP contribution >= 0.6 is 0 Å². The Labute approximate surface area is 78.3 Å². The van der Waals surface area contributed by atoms with E-state index in [1.807, 2.05) is 0 Å². The third-order valence-corrected chi connectivity index (χ3v) is 2.99. The molecule has 0 spiro atoms. The highest BCUT2D eigenvalue weighted by atomic mass is 15.3. The Morgan fingerprint density at radius 2 is 2.08 bits per heavy atom. The van der Waals surface area contributed by atoms with E-state index in [0.29, 0.717) is 5.84 Å². The van der Waals surface area contributed by atoms with E-state index in [4.69, 9.17) is 11.6 Å². The Bertz CT molecular complexity index is 211. The monoisotopic (exact) mass is 183 g/mol. The van der Waals surface area contributed by atoms with Crippen molar-refractivity contribution >= 4 is 5.84 Å². The van der Waals surface area contributed by atoms with Gasteiger partial charge in [0.25, 0.3) is 0 Å². The Hall–Kier alpha value is -0.810. The number of nitrogens with zero attached hydrogens (tertiary/aromatic N) is 3. The van der Waals surface area contributed by atoms with Gasteiger partial charge in [0.2, 0.25) is 0 Å². The highest BCUT2D eigenvalue weighted by molar-refractivity contribution is 5.85. The Kier molecular flexibility index (Phi) is 2.37. The van der Waals surface area contributed by atoms with E-state index in [-0.39, 0.29) is 6.04 Å². The Morgan fingerprint density at radius 3 is 2.85 bits per heavy atom. The number of fused-ring (bicyclic) bond motifs is 4. The molecule has 13 heavy (non-hydrogen) atoms. The molecule has 3 fully saturated rings. The van der Waals surface area contributed by atoms with Gasteiger partial charge >= 0.3 is 0 Å². The minimum absolute atomic E-state index is 0.251. The second-order valence-electron chi connectivity index (χ2n) is 3.76. The quantitative estimate of drug-likeness (QED) is 0.227. The smallest absolute Gasteiger partial charge is 0.138 e. The summed E-state index contributed by atoms with van der Waals surface area (Å²) in [6.07, 6.45) is 1.23. The topological polar surface area (TPSA) is 70.9 Å². The SMILES string of the molecule is N/N=C(\N)C1CN2CCCN1CC2. The van der Waals surface area contributed by atoms with Crippen molar-refractivity contribution in [2.24, 2.45) is 16.7 Å².